The maximum atomic E-state index is 13.3. The van der Waals surface area contributed by atoms with E-state index in [0.717, 1.165) is 0 Å². The van der Waals surface area contributed by atoms with Gasteiger partial charge >= 0.3 is 5.76 Å². The van der Waals surface area contributed by atoms with Crippen LogP contribution in [0.15, 0.2) is 32.0 Å². The number of rotatable bonds is 1. The third kappa shape index (κ3) is 1.48. The topological polar surface area (TPSA) is 58.9 Å². The average Bonchev–Trinajstić information content (AvgIpc) is 2.51. The number of H-pyrrole nitrogens is 1. The molecular formula is C8H4BrFN2O2. The van der Waals surface area contributed by atoms with E-state index in [1.807, 2.05) is 0 Å². The first kappa shape index (κ1) is 9.14. The molecule has 0 aliphatic carbocycles. The SMILES string of the molecule is O=c1[nH]c(-c2c(F)cccc2Br)no1. The lowest BCUT2D eigenvalue weighted by Crippen LogP contribution is -1.96. The Bertz CT molecular complexity index is 500. The Labute approximate surface area is 85.9 Å². The molecule has 0 aliphatic heterocycles. The summed E-state index contributed by atoms with van der Waals surface area (Å²) in [5.74, 6) is -1.13. The van der Waals surface area contributed by atoms with Gasteiger partial charge in [-0.25, -0.2) is 9.18 Å². The number of benzene rings is 1. The molecule has 0 radical (unpaired) electrons. The molecule has 2 aromatic rings. The van der Waals surface area contributed by atoms with Crippen molar-refractivity contribution in [1.29, 1.82) is 0 Å². The van der Waals surface area contributed by atoms with Crippen LogP contribution in [0.1, 0.15) is 0 Å². The highest BCUT2D eigenvalue weighted by Gasteiger charge is 2.13. The molecule has 1 aromatic carbocycles. The second-order valence-electron chi connectivity index (χ2n) is 2.54. The summed E-state index contributed by atoms with van der Waals surface area (Å²) in [6.45, 7) is 0. The largest absolute Gasteiger partial charge is 0.439 e. The summed E-state index contributed by atoms with van der Waals surface area (Å²) in [7, 11) is 0. The van der Waals surface area contributed by atoms with Gasteiger partial charge in [-0.15, -0.1) is 0 Å². The van der Waals surface area contributed by atoms with Crippen LogP contribution < -0.4 is 5.76 Å². The monoisotopic (exact) mass is 258 g/mol. The second kappa shape index (κ2) is 3.38. The fraction of sp³-hybridized carbons (Fsp3) is 0. The van der Waals surface area contributed by atoms with Crippen LogP contribution >= 0.6 is 15.9 Å². The van der Waals surface area contributed by atoms with E-state index in [1.165, 1.54) is 6.07 Å². The van der Waals surface area contributed by atoms with Gasteiger partial charge in [-0.3, -0.25) is 9.51 Å². The van der Waals surface area contributed by atoms with Gasteiger partial charge in [0.05, 0.1) is 5.56 Å². The quantitative estimate of drug-likeness (QED) is 0.851. The van der Waals surface area contributed by atoms with Crippen LogP contribution in [0, 0.1) is 5.82 Å². The molecule has 0 spiro atoms. The van der Waals surface area contributed by atoms with Crippen LogP contribution in [0.3, 0.4) is 0 Å². The van der Waals surface area contributed by atoms with Crippen molar-refractivity contribution in [2.24, 2.45) is 0 Å². The fourth-order valence-corrected chi connectivity index (χ4v) is 1.59. The van der Waals surface area contributed by atoms with Gasteiger partial charge in [0.1, 0.15) is 5.82 Å². The number of hydrogen-bond donors (Lipinski definition) is 1. The zero-order chi connectivity index (χ0) is 10.1. The van der Waals surface area contributed by atoms with Crippen LogP contribution in [-0.4, -0.2) is 10.1 Å². The van der Waals surface area contributed by atoms with Gasteiger partial charge < -0.3 is 0 Å². The standard InChI is InChI=1S/C8H4BrFN2O2/c9-4-2-1-3-5(10)6(4)7-11-8(13)14-12-7/h1-3H,(H,11,12,13). The third-order valence-corrected chi connectivity index (χ3v) is 2.30. The predicted octanol–water partition coefficient (Wildman–Crippen LogP) is 1.93. The van der Waals surface area contributed by atoms with E-state index >= 15 is 0 Å². The minimum absolute atomic E-state index is 0.0694. The van der Waals surface area contributed by atoms with Crippen molar-refractivity contribution in [3.05, 3.63) is 39.0 Å². The molecule has 0 bridgehead atoms. The van der Waals surface area contributed by atoms with Gasteiger partial charge in [0.15, 0.2) is 5.82 Å². The molecule has 4 nitrogen and oxygen atoms in total. The van der Waals surface area contributed by atoms with Crippen LogP contribution in [0.5, 0.6) is 0 Å². The molecule has 0 saturated heterocycles. The number of nitrogens with zero attached hydrogens (tertiary/aromatic N) is 1. The highest BCUT2D eigenvalue weighted by atomic mass is 79.9. The fourth-order valence-electron chi connectivity index (χ4n) is 1.06. The first-order valence-electron chi connectivity index (χ1n) is 3.69. The summed E-state index contributed by atoms with van der Waals surface area (Å²) in [5, 5.41) is 3.39. The van der Waals surface area contributed by atoms with E-state index in [9.17, 15) is 9.18 Å². The first-order chi connectivity index (χ1) is 6.68. The molecule has 0 fully saturated rings. The van der Waals surface area contributed by atoms with Crippen molar-refractivity contribution >= 4 is 15.9 Å². The zero-order valence-corrected chi connectivity index (χ0v) is 8.34. The molecule has 0 unspecified atom stereocenters. The molecule has 1 N–H and O–H groups in total. The van der Waals surface area contributed by atoms with Crippen LogP contribution in [-0.2, 0) is 0 Å². The highest BCUT2D eigenvalue weighted by Crippen LogP contribution is 2.27. The third-order valence-electron chi connectivity index (χ3n) is 1.64. The summed E-state index contributed by atoms with van der Waals surface area (Å²) in [6, 6.07) is 4.46. The molecule has 2 rings (SSSR count). The Morgan fingerprint density at radius 3 is 2.86 bits per heavy atom. The van der Waals surface area contributed by atoms with Crippen molar-refractivity contribution < 1.29 is 8.91 Å². The molecule has 14 heavy (non-hydrogen) atoms. The molecule has 0 saturated carbocycles. The summed E-state index contributed by atoms with van der Waals surface area (Å²) in [5.41, 5.74) is 0.179. The van der Waals surface area contributed by atoms with Gasteiger partial charge in [0.2, 0.25) is 0 Å². The van der Waals surface area contributed by atoms with Gasteiger partial charge in [0.25, 0.3) is 0 Å². The summed E-state index contributed by atoms with van der Waals surface area (Å²) >= 11 is 3.15. The molecule has 6 heteroatoms. The molecule has 1 heterocycles. The maximum absolute atomic E-state index is 13.3. The average molecular weight is 259 g/mol. The minimum Gasteiger partial charge on any atom is -0.296 e. The molecule has 0 aliphatic rings. The molecule has 1 aromatic heterocycles. The first-order valence-corrected chi connectivity index (χ1v) is 4.48. The Kier molecular flexibility index (Phi) is 2.20. The van der Waals surface area contributed by atoms with Crippen molar-refractivity contribution in [3.8, 4) is 11.4 Å². The van der Waals surface area contributed by atoms with Gasteiger partial charge in [-0.2, -0.15) is 0 Å². The van der Waals surface area contributed by atoms with Crippen LogP contribution in [0.25, 0.3) is 11.4 Å². The van der Waals surface area contributed by atoms with E-state index in [1.54, 1.807) is 12.1 Å². The molecule has 72 valence electrons. The number of nitrogens with one attached hydrogen (secondary N) is 1. The van der Waals surface area contributed by atoms with Gasteiger partial charge in [-0.1, -0.05) is 11.2 Å². The molecule has 0 amide bonds. The lowest BCUT2D eigenvalue weighted by molar-refractivity contribution is 0.387. The number of hydrogen-bond acceptors (Lipinski definition) is 3. The van der Waals surface area contributed by atoms with E-state index in [4.69, 9.17) is 0 Å². The van der Waals surface area contributed by atoms with Gasteiger partial charge in [0, 0.05) is 4.47 Å². The van der Waals surface area contributed by atoms with Gasteiger partial charge in [-0.05, 0) is 28.1 Å². The van der Waals surface area contributed by atoms with E-state index in [2.05, 4.69) is 30.6 Å². The summed E-state index contributed by atoms with van der Waals surface area (Å²) in [6.07, 6.45) is 0. The number of halogens is 2. The highest BCUT2D eigenvalue weighted by molar-refractivity contribution is 9.10. The Morgan fingerprint density at radius 2 is 2.29 bits per heavy atom. The smallest absolute Gasteiger partial charge is 0.296 e. The second-order valence-corrected chi connectivity index (χ2v) is 3.39. The summed E-state index contributed by atoms with van der Waals surface area (Å²) < 4.78 is 18.1. The normalized spacial score (nSPS) is 10.4. The van der Waals surface area contributed by atoms with E-state index < -0.39 is 11.6 Å². The number of aromatic nitrogens is 2. The van der Waals surface area contributed by atoms with Crippen LogP contribution in [0.2, 0.25) is 0 Å². The van der Waals surface area contributed by atoms with E-state index in [0.29, 0.717) is 4.47 Å². The van der Waals surface area contributed by atoms with Crippen molar-refractivity contribution in [3.63, 3.8) is 0 Å². The zero-order valence-electron chi connectivity index (χ0n) is 6.75. The Balaban J connectivity index is 2.67. The lowest BCUT2D eigenvalue weighted by Gasteiger charge is -1.99. The molecule has 0 atom stereocenters. The number of aromatic amines is 1. The van der Waals surface area contributed by atoms with Crippen molar-refractivity contribution in [2.75, 3.05) is 0 Å². The predicted molar refractivity (Wildman–Crippen MR) is 50.2 cm³/mol. The maximum Gasteiger partial charge on any atom is 0.439 e. The van der Waals surface area contributed by atoms with Crippen molar-refractivity contribution in [2.45, 2.75) is 0 Å². The summed E-state index contributed by atoms with van der Waals surface area (Å²) in [4.78, 5) is 12.9. The minimum atomic E-state index is -0.713. The Hall–Kier alpha value is -1.43. The Morgan fingerprint density at radius 1 is 1.50 bits per heavy atom. The van der Waals surface area contributed by atoms with Crippen LogP contribution in [0.4, 0.5) is 4.39 Å². The molecular weight excluding hydrogens is 255 g/mol. The van der Waals surface area contributed by atoms with Crippen molar-refractivity contribution in [1.82, 2.24) is 10.1 Å². The lowest BCUT2D eigenvalue weighted by atomic mass is 10.2. The van der Waals surface area contributed by atoms with E-state index in [-0.39, 0.29) is 11.4 Å².